The van der Waals surface area contributed by atoms with Crippen molar-refractivity contribution in [2.24, 2.45) is 5.92 Å². The van der Waals surface area contributed by atoms with Crippen LogP contribution in [0.1, 0.15) is 63.2 Å². The van der Waals surface area contributed by atoms with Crippen LogP contribution in [0.15, 0.2) is 18.2 Å². The zero-order valence-corrected chi connectivity index (χ0v) is 15.6. The first kappa shape index (κ1) is 15.6. The van der Waals surface area contributed by atoms with Crippen LogP contribution in [0, 0.1) is 9.49 Å². The van der Waals surface area contributed by atoms with Crippen molar-refractivity contribution in [2.75, 3.05) is 0 Å². The van der Waals surface area contributed by atoms with Gasteiger partial charge in [0.25, 0.3) is 0 Å². The largest absolute Gasteiger partial charge is 0.323 e. The molecule has 1 aromatic heterocycles. The Hall–Kier alpha value is -0.290. The van der Waals surface area contributed by atoms with Gasteiger partial charge in [-0.15, -0.1) is 11.6 Å². The van der Waals surface area contributed by atoms with Crippen LogP contribution in [0.25, 0.3) is 11.0 Å². The average Bonchev–Trinajstić information content (AvgIpc) is 2.68. The number of halogens is 2. The topological polar surface area (TPSA) is 17.8 Å². The summed E-state index contributed by atoms with van der Waals surface area (Å²) >= 11 is 8.79. The van der Waals surface area contributed by atoms with E-state index in [0.717, 1.165) is 11.3 Å². The second-order valence-corrected chi connectivity index (χ2v) is 8.17. The van der Waals surface area contributed by atoms with Gasteiger partial charge >= 0.3 is 0 Å². The number of rotatable bonds is 2. The molecule has 0 aliphatic heterocycles. The van der Waals surface area contributed by atoms with E-state index in [1.807, 2.05) is 6.92 Å². The zero-order valence-electron chi connectivity index (χ0n) is 12.6. The van der Waals surface area contributed by atoms with Gasteiger partial charge in [0.15, 0.2) is 0 Å². The monoisotopic (exact) mass is 416 g/mol. The van der Waals surface area contributed by atoms with Gasteiger partial charge in [0.2, 0.25) is 0 Å². The summed E-state index contributed by atoms with van der Waals surface area (Å²) in [5.74, 6) is 1.73. The number of hydrogen-bond acceptors (Lipinski definition) is 1. The van der Waals surface area contributed by atoms with Crippen LogP contribution in [0.3, 0.4) is 0 Å². The van der Waals surface area contributed by atoms with Crippen molar-refractivity contribution in [1.29, 1.82) is 0 Å². The molecule has 0 N–H and O–H groups in total. The van der Waals surface area contributed by atoms with E-state index >= 15 is 0 Å². The van der Waals surface area contributed by atoms with E-state index in [9.17, 15) is 0 Å². The Balaban J connectivity index is 2.16. The molecule has 4 heteroatoms. The Kier molecular flexibility index (Phi) is 4.79. The van der Waals surface area contributed by atoms with E-state index in [2.05, 4.69) is 52.3 Å². The van der Waals surface area contributed by atoms with Crippen molar-refractivity contribution in [3.05, 3.63) is 27.6 Å². The summed E-state index contributed by atoms with van der Waals surface area (Å²) in [5, 5.41) is -0.0504. The average molecular weight is 417 g/mol. The Labute approximate surface area is 145 Å². The van der Waals surface area contributed by atoms with E-state index in [1.54, 1.807) is 0 Å². The third kappa shape index (κ3) is 3.09. The Morgan fingerprint density at radius 2 is 2.05 bits per heavy atom. The van der Waals surface area contributed by atoms with Crippen molar-refractivity contribution in [1.82, 2.24) is 9.55 Å². The predicted octanol–water partition coefficient (Wildman–Crippen LogP) is 6.08. The van der Waals surface area contributed by atoms with Crippen LogP contribution in [-0.4, -0.2) is 9.55 Å². The summed E-state index contributed by atoms with van der Waals surface area (Å²) in [7, 11) is 0. The van der Waals surface area contributed by atoms with Gasteiger partial charge in [0.1, 0.15) is 5.82 Å². The van der Waals surface area contributed by atoms with Crippen LogP contribution in [0.5, 0.6) is 0 Å². The molecule has 3 atom stereocenters. The highest BCUT2D eigenvalue weighted by atomic mass is 127. The minimum Gasteiger partial charge on any atom is -0.323 e. The molecule has 3 rings (SSSR count). The normalized spacial score (nSPS) is 25.0. The van der Waals surface area contributed by atoms with Crippen LogP contribution in [-0.2, 0) is 0 Å². The predicted molar refractivity (Wildman–Crippen MR) is 98.0 cm³/mol. The molecule has 1 aliphatic rings. The molecule has 2 aromatic rings. The fourth-order valence-electron chi connectivity index (χ4n) is 3.58. The standard InChI is InChI=1S/C17H22ClIN2/c1-11-6-4-3-5-7-15(11)21-16-9-8-13(19)10-14(16)20-17(21)12(2)18/h8-12,15H,3-7H2,1-2H3. The molecule has 0 radical (unpaired) electrons. The first-order valence-electron chi connectivity index (χ1n) is 7.89. The molecule has 1 saturated carbocycles. The third-order valence-corrected chi connectivity index (χ3v) is 5.55. The van der Waals surface area contributed by atoms with E-state index in [1.165, 1.54) is 41.2 Å². The molecule has 3 unspecified atom stereocenters. The van der Waals surface area contributed by atoms with E-state index in [0.29, 0.717) is 12.0 Å². The van der Waals surface area contributed by atoms with Crippen LogP contribution in [0.2, 0.25) is 0 Å². The summed E-state index contributed by atoms with van der Waals surface area (Å²) in [5.41, 5.74) is 2.33. The van der Waals surface area contributed by atoms with Crippen LogP contribution < -0.4 is 0 Å². The highest BCUT2D eigenvalue weighted by molar-refractivity contribution is 14.1. The summed E-state index contributed by atoms with van der Waals surface area (Å²) in [6.45, 7) is 4.42. The first-order chi connectivity index (χ1) is 10.1. The highest BCUT2D eigenvalue weighted by Gasteiger charge is 2.27. The van der Waals surface area contributed by atoms with Crippen LogP contribution >= 0.6 is 34.2 Å². The van der Waals surface area contributed by atoms with Crippen LogP contribution in [0.4, 0.5) is 0 Å². The van der Waals surface area contributed by atoms with Gasteiger partial charge in [0.05, 0.1) is 16.4 Å². The lowest BCUT2D eigenvalue weighted by Crippen LogP contribution is -2.18. The molecule has 0 amide bonds. The van der Waals surface area contributed by atoms with E-state index in [-0.39, 0.29) is 5.38 Å². The summed E-state index contributed by atoms with van der Waals surface area (Å²) in [4.78, 5) is 4.84. The number of benzene rings is 1. The van der Waals surface area contributed by atoms with Gasteiger partial charge in [-0.05, 0) is 66.5 Å². The molecule has 0 bridgehead atoms. The maximum absolute atomic E-state index is 6.44. The van der Waals surface area contributed by atoms with Gasteiger partial charge in [-0.25, -0.2) is 4.98 Å². The fourth-order valence-corrected chi connectivity index (χ4v) is 4.21. The molecular weight excluding hydrogens is 395 g/mol. The van der Waals surface area contributed by atoms with Crippen molar-refractivity contribution >= 4 is 45.2 Å². The first-order valence-corrected chi connectivity index (χ1v) is 9.41. The number of aromatic nitrogens is 2. The second kappa shape index (κ2) is 6.45. The number of nitrogens with zero attached hydrogens (tertiary/aromatic N) is 2. The van der Waals surface area contributed by atoms with Crippen molar-refractivity contribution in [2.45, 2.75) is 57.4 Å². The van der Waals surface area contributed by atoms with Gasteiger partial charge in [-0.1, -0.05) is 26.2 Å². The number of hydrogen-bond donors (Lipinski definition) is 0. The minimum atomic E-state index is -0.0504. The van der Waals surface area contributed by atoms with Gasteiger partial charge in [-0.3, -0.25) is 0 Å². The molecule has 1 aromatic carbocycles. The quantitative estimate of drug-likeness (QED) is 0.329. The zero-order chi connectivity index (χ0) is 15.0. The molecule has 21 heavy (non-hydrogen) atoms. The second-order valence-electron chi connectivity index (χ2n) is 6.27. The van der Waals surface area contributed by atoms with Gasteiger partial charge in [-0.2, -0.15) is 0 Å². The molecule has 0 spiro atoms. The smallest absolute Gasteiger partial charge is 0.127 e. The van der Waals surface area contributed by atoms with Gasteiger partial charge < -0.3 is 4.57 Å². The van der Waals surface area contributed by atoms with Crippen molar-refractivity contribution in [3.8, 4) is 0 Å². The minimum absolute atomic E-state index is 0.0504. The summed E-state index contributed by atoms with van der Waals surface area (Å²) in [6, 6.07) is 7.08. The summed E-state index contributed by atoms with van der Waals surface area (Å²) < 4.78 is 3.67. The number of alkyl halides is 1. The highest BCUT2D eigenvalue weighted by Crippen LogP contribution is 2.38. The molecule has 1 heterocycles. The SMILES string of the molecule is CC(Cl)c1nc2cc(I)ccc2n1C1CCCCCC1C. The van der Waals surface area contributed by atoms with E-state index in [4.69, 9.17) is 16.6 Å². The number of imidazole rings is 1. The molecular formula is C17H22ClIN2. The molecule has 1 fully saturated rings. The molecule has 114 valence electrons. The maximum atomic E-state index is 6.44. The van der Waals surface area contributed by atoms with Crippen molar-refractivity contribution in [3.63, 3.8) is 0 Å². The lowest BCUT2D eigenvalue weighted by Gasteiger charge is -2.26. The Morgan fingerprint density at radius 3 is 2.81 bits per heavy atom. The Bertz CT molecular complexity index is 635. The lowest BCUT2D eigenvalue weighted by molar-refractivity contribution is 0.333. The third-order valence-electron chi connectivity index (χ3n) is 4.68. The van der Waals surface area contributed by atoms with Crippen molar-refractivity contribution < 1.29 is 0 Å². The summed E-state index contributed by atoms with van der Waals surface area (Å²) in [6.07, 6.45) is 6.58. The molecule has 1 aliphatic carbocycles. The lowest BCUT2D eigenvalue weighted by atomic mass is 9.96. The van der Waals surface area contributed by atoms with E-state index < -0.39 is 0 Å². The Morgan fingerprint density at radius 1 is 1.29 bits per heavy atom. The number of fused-ring (bicyclic) bond motifs is 1. The fraction of sp³-hybridized carbons (Fsp3) is 0.588. The van der Waals surface area contributed by atoms with Gasteiger partial charge in [0, 0.05) is 9.61 Å². The molecule has 0 saturated heterocycles. The maximum Gasteiger partial charge on any atom is 0.127 e. The molecule has 2 nitrogen and oxygen atoms in total.